The van der Waals surface area contributed by atoms with Gasteiger partial charge in [-0.3, -0.25) is 4.90 Å². The smallest absolute Gasteiger partial charge is 0.414 e. The lowest BCUT2D eigenvalue weighted by Gasteiger charge is -2.39. The molecule has 3 heterocycles. The summed E-state index contributed by atoms with van der Waals surface area (Å²) in [6.45, 7) is 20.1. The molecular formula is C32H43F2N7O3Si. The number of anilines is 3. The second kappa shape index (κ2) is 12.1. The molecule has 0 radical (unpaired) electrons. The lowest BCUT2D eigenvalue weighted by Crippen LogP contribution is -2.46. The summed E-state index contributed by atoms with van der Waals surface area (Å²) in [6, 6.07) is 9.25. The van der Waals surface area contributed by atoms with Crippen molar-refractivity contribution in [2.24, 2.45) is 0 Å². The van der Waals surface area contributed by atoms with Crippen LogP contribution in [0, 0.1) is 18.3 Å². The third-order valence-electron chi connectivity index (χ3n) is 8.23. The van der Waals surface area contributed by atoms with Gasteiger partial charge in [0.1, 0.15) is 24.0 Å². The predicted octanol–water partition coefficient (Wildman–Crippen LogP) is 7.56. The molecule has 2 aromatic heterocycles. The van der Waals surface area contributed by atoms with Gasteiger partial charge in [0.25, 0.3) is 6.43 Å². The minimum absolute atomic E-state index is 0.0249. The number of fused-ring (bicyclic) bond motifs is 1. The summed E-state index contributed by atoms with van der Waals surface area (Å²) in [7, 11) is -2.17. The van der Waals surface area contributed by atoms with Gasteiger partial charge in [-0.25, -0.2) is 28.2 Å². The van der Waals surface area contributed by atoms with Crippen LogP contribution in [0.15, 0.2) is 30.5 Å². The number of nitrogens with one attached hydrogen (secondary N) is 1. The van der Waals surface area contributed by atoms with Crippen LogP contribution in [0.1, 0.15) is 65.3 Å². The van der Waals surface area contributed by atoms with Gasteiger partial charge < -0.3 is 14.5 Å². The van der Waals surface area contributed by atoms with Crippen molar-refractivity contribution in [1.29, 1.82) is 5.26 Å². The molecule has 4 rings (SSSR count). The Kier molecular flexibility index (Phi) is 9.16. The van der Waals surface area contributed by atoms with E-state index >= 15 is 0 Å². The Balaban J connectivity index is 1.78. The Morgan fingerprint density at radius 2 is 1.89 bits per heavy atom. The van der Waals surface area contributed by atoms with Crippen molar-refractivity contribution in [2.45, 2.75) is 97.5 Å². The Hall–Kier alpha value is -3.89. The number of carbonyl (C=O) groups is 1. The van der Waals surface area contributed by atoms with Crippen LogP contribution >= 0.6 is 0 Å². The van der Waals surface area contributed by atoms with E-state index in [0.717, 1.165) is 5.56 Å². The molecule has 0 saturated carbocycles. The normalized spacial score (nSPS) is 16.9. The summed E-state index contributed by atoms with van der Waals surface area (Å²) in [6.07, 6.45) is -1.56. The van der Waals surface area contributed by atoms with Crippen LogP contribution < -0.4 is 10.2 Å². The molecule has 45 heavy (non-hydrogen) atoms. The number of aryl methyl sites for hydroxylation is 1. The number of hydrogen-bond donors (Lipinski definition) is 1. The maximum absolute atomic E-state index is 13.5. The van der Waals surface area contributed by atoms with Gasteiger partial charge in [0, 0.05) is 36.4 Å². The van der Waals surface area contributed by atoms with Gasteiger partial charge in [-0.05, 0) is 69.6 Å². The molecule has 0 saturated heterocycles. The highest BCUT2D eigenvalue weighted by Gasteiger charge is 2.47. The van der Waals surface area contributed by atoms with Gasteiger partial charge in [0.05, 0.1) is 22.6 Å². The molecule has 0 unspecified atom stereocenters. The number of carbonyl (C=O) groups excluding carboxylic acids is 1. The highest BCUT2D eigenvalue weighted by molar-refractivity contribution is 6.74. The molecule has 1 aliphatic heterocycles. The van der Waals surface area contributed by atoms with Crippen molar-refractivity contribution in [3.8, 4) is 17.3 Å². The first-order valence-corrected chi connectivity index (χ1v) is 17.8. The Bertz CT molecular complexity index is 1620. The fourth-order valence-corrected chi connectivity index (χ4v) is 6.01. The molecular weight excluding hydrogens is 596 g/mol. The fourth-order valence-electron chi connectivity index (χ4n) is 4.89. The Labute approximate surface area is 264 Å². The molecule has 3 aromatic rings. The van der Waals surface area contributed by atoms with Crippen molar-refractivity contribution in [3.05, 3.63) is 47.3 Å². The highest BCUT2D eigenvalue weighted by atomic mass is 28.4. The minimum Gasteiger partial charge on any atom is -0.443 e. The monoisotopic (exact) mass is 639 g/mol. The summed E-state index contributed by atoms with van der Waals surface area (Å²) in [5, 5.41) is 17.4. The standard InChI is InChI=1S/C32H43F2N7O3Si/c1-20-13-26(41(39-20)17-25(33)34)38-28-36-12-11-24(37-28)21-14-22(16-35)27-23(15-21)32(8,19-43-45(9,10)31(5,6)7)18-40(27)29(42)44-30(2,3)4/h11-15,25H,17-19H2,1-10H3,(H,36,37,38)/t32-/m1/s1. The van der Waals surface area contributed by atoms with Crippen molar-refractivity contribution in [3.63, 3.8) is 0 Å². The summed E-state index contributed by atoms with van der Waals surface area (Å²) < 4.78 is 39.9. The van der Waals surface area contributed by atoms with Crippen LogP contribution in [-0.4, -0.2) is 59.3 Å². The van der Waals surface area contributed by atoms with Gasteiger partial charge in [0.2, 0.25) is 5.95 Å². The van der Waals surface area contributed by atoms with Gasteiger partial charge in [0.15, 0.2) is 8.32 Å². The fraction of sp³-hybridized carbons (Fsp3) is 0.531. The molecule has 0 spiro atoms. The van der Waals surface area contributed by atoms with E-state index in [2.05, 4.69) is 60.3 Å². The van der Waals surface area contributed by atoms with Crippen LogP contribution in [0.4, 0.5) is 31.0 Å². The van der Waals surface area contributed by atoms with E-state index in [1.54, 1.807) is 52.1 Å². The number of rotatable bonds is 8. The van der Waals surface area contributed by atoms with Crippen LogP contribution in [-0.2, 0) is 21.1 Å². The molecule has 1 N–H and O–H groups in total. The van der Waals surface area contributed by atoms with Crippen molar-refractivity contribution >= 4 is 31.9 Å². The highest BCUT2D eigenvalue weighted by Crippen LogP contribution is 2.47. The Morgan fingerprint density at radius 3 is 2.49 bits per heavy atom. The zero-order valence-electron chi connectivity index (χ0n) is 27.7. The number of benzene rings is 1. The third-order valence-corrected chi connectivity index (χ3v) is 12.7. The first-order valence-electron chi connectivity index (χ1n) is 14.9. The third kappa shape index (κ3) is 7.50. The van der Waals surface area contributed by atoms with Gasteiger partial charge in [-0.15, -0.1) is 0 Å². The number of ether oxygens (including phenoxy) is 1. The SMILES string of the molecule is Cc1cc(Nc2nccc(-c3cc(C#N)c4c(c3)[C@@](C)(CO[Si](C)(C)C(C)(C)C)CN4C(=O)OC(C)(C)C)n2)n(CC(F)F)n1. The summed E-state index contributed by atoms with van der Waals surface area (Å²) in [5.41, 5.74) is 1.90. The number of nitrogens with zero attached hydrogens (tertiary/aromatic N) is 6. The molecule has 242 valence electrons. The van der Waals surface area contributed by atoms with Crippen LogP contribution in [0.25, 0.3) is 11.3 Å². The van der Waals surface area contributed by atoms with Crippen LogP contribution in [0.2, 0.25) is 18.1 Å². The Morgan fingerprint density at radius 1 is 1.20 bits per heavy atom. The van der Waals surface area contributed by atoms with Gasteiger partial charge >= 0.3 is 6.09 Å². The van der Waals surface area contributed by atoms with Gasteiger partial charge in [-0.2, -0.15) is 10.4 Å². The van der Waals surface area contributed by atoms with Crippen molar-refractivity contribution < 1.29 is 22.7 Å². The second-order valence-corrected chi connectivity index (χ2v) is 19.2. The predicted molar refractivity (Wildman–Crippen MR) is 173 cm³/mol. The topological polar surface area (TPSA) is 118 Å². The second-order valence-electron chi connectivity index (χ2n) is 14.3. The van der Waals surface area contributed by atoms with Crippen LogP contribution in [0.5, 0.6) is 0 Å². The summed E-state index contributed by atoms with van der Waals surface area (Å²) in [5.74, 6) is 0.515. The largest absolute Gasteiger partial charge is 0.443 e. The molecule has 0 aliphatic carbocycles. The maximum atomic E-state index is 13.5. The average molecular weight is 640 g/mol. The quantitative estimate of drug-likeness (QED) is 0.251. The van der Waals surface area contributed by atoms with E-state index in [1.807, 2.05) is 13.0 Å². The van der Waals surface area contributed by atoms with E-state index in [-0.39, 0.29) is 17.5 Å². The minimum atomic E-state index is -2.58. The number of amides is 1. The van der Waals surface area contributed by atoms with Gasteiger partial charge in [-0.1, -0.05) is 27.7 Å². The van der Waals surface area contributed by atoms with E-state index < -0.39 is 38.4 Å². The molecule has 1 aliphatic rings. The maximum Gasteiger partial charge on any atom is 0.414 e. The van der Waals surface area contributed by atoms with Crippen molar-refractivity contribution in [2.75, 3.05) is 23.4 Å². The number of nitriles is 1. The molecule has 0 fully saturated rings. The molecule has 10 nitrogen and oxygen atoms in total. The summed E-state index contributed by atoms with van der Waals surface area (Å²) >= 11 is 0. The molecule has 1 amide bonds. The van der Waals surface area contributed by atoms with E-state index in [1.165, 1.54) is 9.58 Å². The number of halogens is 2. The molecule has 1 atom stereocenters. The number of alkyl halides is 2. The molecule has 0 bridgehead atoms. The first kappa shape index (κ1) is 34.0. The van der Waals surface area contributed by atoms with E-state index in [9.17, 15) is 18.8 Å². The average Bonchev–Trinajstić information content (AvgIpc) is 3.41. The molecule has 13 heteroatoms. The van der Waals surface area contributed by atoms with E-state index in [0.29, 0.717) is 40.6 Å². The zero-order chi connectivity index (χ0) is 33.5. The number of hydrogen-bond acceptors (Lipinski definition) is 8. The number of aromatic nitrogens is 4. The lowest BCUT2D eigenvalue weighted by molar-refractivity contribution is 0.0575. The zero-order valence-corrected chi connectivity index (χ0v) is 28.7. The summed E-state index contributed by atoms with van der Waals surface area (Å²) in [4.78, 5) is 24.0. The lowest BCUT2D eigenvalue weighted by atomic mass is 9.83. The van der Waals surface area contributed by atoms with Crippen molar-refractivity contribution in [1.82, 2.24) is 19.7 Å². The first-order chi connectivity index (χ1) is 20.7. The van der Waals surface area contributed by atoms with E-state index in [4.69, 9.17) is 9.16 Å². The molecule has 1 aromatic carbocycles. The van der Waals surface area contributed by atoms with Crippen LogP contribution in [0.3, 0.4) is 0 Å².